The Morgan fingerprint density at radius 1 is 1.15 bits per heavy atom. The first-order valence-corrected chi connectivity index (χ1v) is 11.6. The molecular weight excluding hydrogens is 533 g/mol. The highest BCUT2D eigenvalue weighted by atomic mass is 127. The number of amides is 1. The molecule has 1 unspecified atom stereocenters. The average Bonchev–Trinajstić information content (AvgIpc) is 2.78. The molecule has 1 amide bonds. The summed E-state index contributed by atoms with van der Waals surface area (Å²) in [6.45, 7) is 12.3. The van der Waals surface area contributed by atoms with Crippen LogP contribution in [0.5, 0.6) is 0 Å². The third kappa shape index (κ3) is 8.29. The van der Waals surface area contributed by atoms with Crippen LogP contribution >= 0.6 is 24.0 Å². The molecule has 0 radical (unpaired) electrons. The van der Waals surface area contributed by atoms with Crippen molar-refractivity contribution in [2.45, 2.75) is 57.7 Å². The van der Waals surface area contributed by atoms with E-state index in [2.05, 4.69) is 41.4 Å². The summed E-state index contributed by atoms with van der Waals surface area (Å²) in [5.74, 6) is 0.536. The molecule has 1 aromatic rings. The highest BCUT2D eigenvalue weighted by molar-refractivity contribution is 14.0. The molecule has 0 saturated carbocycles. The van der Waals surface area contributed by atoms with E-state index in [1.54, 1.807) is 4.90 Å². The van der Waals surface area contributed by atoms with E-state index in [0.29, 0.717) is 38.7 Å². The predicted octanol–water partition coefficient (Wildman–Crippen LogP) is 3.37. The maximum Gasteiger partial charge on any atom is 0.410 e. The Kier molecular flexibility index (Phi) is 10.2. The average molecular weight is 574 g/mol. The van der Waals surface area contributed by atoms with Gasteiger partial charge in [0.25, 0.3) is 0 Å². The van der Waals surface area contributed by atoms with Crippen LogP contribution in [0.3, 0.4) is 0 Å². The monoisotopic (exact) mass is 573 g/mol. The standard InChI is InChI=1S/C24H39N5O3.HI/c1-19(20-8-6-5-7-9-20)27-24(10-16-31-17-11-24)18-26-21(25)28-12-14-29(15-13-28)22(30)32-23(2,3)4;/h5-9,19,27H,10-18H2,1-4H3,(H2,25,26);1H. The lowest BCUT2D eigenvalue weighted by Crippen LogP contribution is -2.55. The van der Waals surface area contributed by atoms with Gasteiger partial charge in [0.1, 0.15) is 5.60 Å². The second kappa shape index (κ2) is 12.2. The van der Waals surface area contributed by atoms with Crippen LogP contribution in [0.4, 0.5) is 4.79 Å². The molecule has 33 heavy (non-hydrogen) atoms. The Morgan fingerprint density at radius 2 is 1.73 bits per heavy atom. The molecule has 3 rings (SSSR count). The first-order chi connectivity index (χ1) is 15.2. The largest absolute Gasteiger partial charge is 0.444 e. The molecule has 1 atom stereocenters. The molecule has 2 aliphatic heterocycles. The van der Waals surface area contributed by atoms with Crippen molar-refractivity contribution in [1.82, 2.24) is 15.1 Å². The van der Waals surface area contributed by atoms with Gasteiger partial charge in [-0.1, -0.05) is 30.3 Å². The van der Waals surface area contributed by atoms with Gasteiger partial charge in [-0.2, -0.15) is 0 Å². The van der Waals surface area contributed by atoms with Crippen LogP contribution in [0.25, 0.3) is 0 Å². The van der Waals surface area contributed by atoms with Gasteiger partial charge in [-0.25, -0.2) is 4.79 Å². The summed E-state index contributed by atoms with van der Waals surface area (Å²) in [6, 6.07) is 10.7. The van der Waals surface area contributed by atoms with Crippen LogP contribution in [0.15, 0.2) is 35.3 Å². The second-order valence-corrected chi connectivity index (χ2v) is 9.80. The fourth-order valence-corrected chi connectivity index (χ4v) is 4.17. The van der Waals surface area contributed by atoms with Gasteiger partial charge in [0, 0.05) is 51.0 Å². The molecule has 9 heteroatoms. The van der Waals surface area contributed by atoms with Gasteiger partial charge in [0.05, 0.1) is 6.54 Å². The zero-order valence-corrected chi connectivity index (χ0v) is 22.7. The number of halogens is 1. The Morgan fingerprint density at radius 3 is 2.30 bits per heavy atom. The van der Waals surface area contributed by atoms with Gasteiger partial charge < -0.3 is 30.3 Å². The zero-order chi connectivity index (χ0) is 23.2. The number of ether oxygens (including phenoxy) is 2. The van der Waals surface area contributed by atoms with Crippen LogP contribution in [0.1, 0.15) is 52.1 Å². The normalized spacial score (nSPS) is 20.1. The second-order valence-electron chi connectivity index (χ2n) is 9.80. The fraction of sp³-hybridized carbons (Fsp3) is 0.667. The van der Waals surface area contributed by atoms with Crippen molar-refractivity contribution < 1.29 is 14.3 Å². The number of carbonyl (C=O) groups excluding carboxylic acids is 1. The number of guanidine groups is 1. The lowest BCUT2D eigenvalue weighted by Gasteiger charge is -2.40. The molecule has 0 aromatic heterocycles. The smallest absolute Gasteiger partial charge is 0.410 e. The minimum Gasteiger partial charge on any atom is -0.444 e. The highest BCUT2D eigenvalue weighted by Crippen LogP contribution is 2.26. The fourth-order valence-electron chi connectivity index (χ4n) is 4.17. The maximum atomic E-state index is 12.3. The third-order valence-electron chi connectivity index (χ3n) is 6.07. The summed E-state index contributed by atoms with van der Waals surface area (Å²) in [7, 11) is 0. The number of nitrogens with two attached hydrogens (primary N) is 1. The Labute approximate surface area is 215 Å². The van der Waals surface area contributed by atoms with Gasteiger partial charge in [0.2, 0.25) is 0 Å². The Balaban J connectivity index is 0.00000385. The molecule has 1 aromatic carbocycles. The van der Waals surface area contributed by atoms with Gasteiger partial charge in [-0.05, 0) is 46.1 Å². The van der Waals surface area contributed by atoms with Crippen molar-refractivity contribution in [3.63, 3.8) is 0 Å². The summed E-state index contributed by atoms with van der Waals surface area (Å²) >= 11 is 0. The number of piperazine rings is 1. The lowest BCUT2D eigenvalue weighted by atomic mass is 9.88. The first kappa shape index (κ1) is 27.7. The number of nitrogens with one attached hydrogen (secondary N) is 1. The van der Waals surface area contributed by atoms with Gasteiger partial charge >= 0.3 is 6.09 Å². The summed E-state index contributed by atoms with van der Waals surface area (Å²) < 4.78 is 11.1. The van der Waals surface area contributed by atoms with Crippen LogP contribution in [0.2, 0.25) is 0 Å². The molecule has 2 saturated heterocycles. The van der Waals surface area contributed by atoms with Crippen LogP contribution in [0, 0.1) is 0 Å². The molecule has 0 bridgehead atoms. The van der Waals surface area contributed by atoms with Gasteiger partial charge in [-0.3, -0.25) is 4.99 Å². The van der Waals surface area contributed by atoms with E-state index in [1.807, 2.05) is 26.8 Å². The molecule has 3 N–H and O–H groups in total. The third-order valence-corrected chi connectivity index (χ3v) is 6.07. The van der Waals surface area contributed by atoms with Crippen LogP contribution < -0.4 is 11.1 Å². The maximum absolute atomic E-state index is 12.3. The van der Waals surface area contributed by atoms with Gasteiger partial charge in [-0.15, -0.1) is 24.0 Å². The van der Waals surface area contributed by atoms with E-state index in [-0.39, 0.29) is 41.7 Å². The van der Waals surface area contributed by atoms with E-state index in [4.69, 9.17) is 20.2 Å². The minimum atomic E-state index is -0.489. The van der Waals surface area contributed by atoms with Crippen molar-refractivity contribution in [2.24, 2.45) is 10.7 Å². The van der Waals surface area contributed by atoms with E-state index < -0.39 is 5.60 Å². The summed E-state index contributed by atoms with van der Waals surface area (Å²) in [6.07, 6.45) is 1.52. The van der Waals surface area contributed by atoms with Crippen LogP contribution in [-0.2, 0) is 9.47 Å². The topological polar surface area (TPSA) is 92.4 Å². The van der Waals surface area contributed by atoms with Crippen molar-refractivity contribution in [3.05, 3.63) is 35.9 Å². The molecule has 2 fully saturated rings. The molecular formula is C24H40IN5O3. The van der Waals surface area contributed by atoms with Crippen molar-refractivity contribution >= 4 is 36.0 Å². The summed E-state index contributed by atoms with van der Waals surface area (Å²) in [5, 5.41) is 3.82. The molecule has 0 spiro atoms. The Hall–Kier alpha value is -1.59. The van der Waals surface area contributed by atoms with E-state index in [0.717, 1.165) is 26.1 Å². The minimum absolute atomic E-state index is 0. The van der Waals surface area contributed by atoms with Crippen molar-refractivity contribution in [1.29, 1.82) is 0 Å². The number of hydrogen-bond donors (Lipinski definition) is 2. The molecule has 2 heterocycles. The van der Waals surface area contributed by atoms with Crippen molar-refractivity contribution in [3.8, 4) is 0 Å². The van der Waals surface area contributed by atoms with Crippen molar-refractivity contribution in [2.75, 3.05) is 45.9 Å². The van der Waals surface area contributed by atoms with E-state index in [1.165, 1.54) is 5.56 Å². The van der Waals surface area contributed by atoms with Gasteiger partial charge in [0.15, 0.2) is 5.96 Å². The zero-order valence-electron chi connectivity index (χ0n) is 20.4. The Bertz CT molecular complexity index is 770. The number of carbonyl (C=O) groups is 1. The highest BCUT2D eigenvalue weighted by Gasteiger charge is 2.34. The number of hydrogen-bond acceptors (Lipinski definition) is 5. The summed E-state index contributed by atoms with van der Waals surface area (Å²) in [5.41, 5.74) is 7.00. The SMILES string of the molecule is CC(NC1(CN=C(N)N2CCN(C(=O)OC(C)(C)C)CC2)CCOCC1)c1ccccc1.I. The molecule has 186 valence electrons. The number of aliphatic imine (C=N–C) groups is 1. The number of benzene rings is 1. The first-order valence-electron chi connectivity index (χ1n) is 11.6. The predicted molar refractivity (Wildman–Crippen MR) is 142 cm³/mol. The van der Waals surface area contributed by atoms with E-state index >= 15 is 0 Å². The quantitative estimate of drug-likeness (QED) is 0.319. The number of rotatable bonds is 5. The van der Waals surface area contributed by atoms with Crippen LogP contribution in [-0.4, -0.2) is 78.9 Å². The number of nitrogens with zero attached hydrogens (tertiary/aromatic N) is 3. The lowest BCUT2D eigenvalue weighted by molar-refractivity contribution is 0.0186. The molecule has 2 aliphatic rings. The molecule has 0 aliphatic carbocycles. The summed E-state index contributed by atoms with van der Waals surface area (Å²) in [4.78, 5) is 20.9. The molecule has 8 nitrogen and oxygen atoms in total. The van der Waals surface area contributed by atoms with E-state index in [9.17, 15) is 4.79 Å².